The molecule has 0 aliphatic carbocycles. The Morgan fingerprint density at radius 1 is 1.31 bits per heavy atom. The molecule has 0 radical (unpaired) electrons. The molecule has 0 aliphatic rings. The zero-order valence-corrected chi connectivity index (χ0v) is 9.82. The van der Waals surface area contributed by atoms with E-state index in [0.29, 0.717) is 17.9 Å². The summed E-state index contributed by atoms with van der Waals surface area (Å²) in [7, 11) is 3.17. The van der Waals surface area contributed by atoms with Crippen LogP contribution in [0.5, 0.6) is 11.5 Å². The topological polar surface area (TPSA) is 35.5 Å². The quantitative estimate of drug-likeness (QED) is 0.565. The van der Waals surface area contributed by atoms with Crippen LogP contribution in [0, 0.1) is 0 Å². The van der Waals surface area contributed by atoms with Crippen molar-refractivity contribution in [2.24, 2.45) is 0 Å². The first-order valence-electron chi connectivity index (χ1n) is 5.13. The van der Waals surface area contributed by atoms with Crippen molar-refractivity contribution in [1.82, 2.24) is 0 Å². The van der Waals surface area contributed by atoms with Crippen LogP contribution in [-0.2, 0) is 4.79 Å². The summed E-state index contributed by atoms with van der Waals surface area (Å²) < 4.78 is 10.5. The lowest BCUT2D eigenvalue weighted by Gasteiger charge is -2.10. The molecule has 0 aromatic heterocycles. The van der Waals surface area contributed by atoms with Gasteiger partial charge in [-0.05, 0) is 24.1 Å². The highest BCUT2D eigenvalue weighted by Gasteiger charge is 2.07. The summed E-state index contributed by atoms with van der Waals surface area (Å²) in [6.07, 6.45) is 3.37. The van der Waals surface area contributed by atoms with Crippen molar-refractivity contribution in [3.8, 4) is 11.5 Å². The molecule has 0 N–H and O–H groups in total. The van der Waals surface area contributed by atoms with E-state index in [9.17, 15) is 4.79 Å². The Labute approximate surface area is 95.7 Å². The fourth-order valence-electron chi connectivity index (χ4n) is 1.44. The van der Waals surface area contributed by atoms with Crippen molar-refractivity contribution in [2.75, 3.05) is 14.2 Å². The zero-order chi connectivity index (χ0) is 12.0. The molecule has 0 atom stereocenters. The molecule has 0 amide bonds. The van der Waals surface area contributed by atoms with Gasteiger partial charge in [-0.1, -0.05) is 19.1 Å². The highest BCUT2D eigenvalue weighted by molar-refractivity contribution is 5.83. The lowest BCUT2D eigenvalue weighted by atomic mass is 10.1. The smallest absolute Gasteiger partial charge is 0.167 e. The minimum absolute atomic E-state index is 0.651. The van der Waals surface area contributed by atoms with E-state index in [1.165, 1.54) is 0 Å². The normalized spacial score (nSPS) is 11.1. The lowest BCUT2D eigenvalue weighted by molar-refractivity contribution is -0.104. The number of aldehydes is 1. The van der Waals surface area contributed by atoms with Crippen molar-refractivity contribution in [3.05, 3.63) is 29.3 Å². The second-order valence-corrected chi connectivity index (χ2v) is 3.27. The van der Waals surface area contributed by atoms with Crippen molar-refractivity contribution in [2.45, 2.75) is 13.3 Å². The number of ether oxygens (including phenoxy) is 2. The van der Waals surface area contributed by atoms with E-state index in [1.807, 2.05) is 31.2 Å². The van der Waals surface area contributed by atoms with Gasteiger partial charge in [0.25, 0.3) is 0 Å². The van der Waals surface area contributed by atoms with Gasteiger partial charge in [-0.3, -0.25) is 4.79 Å². The maximum Gasteiger partial charge on any atom is 0.167 e. The van der Waals surface area contributed by atoms with Gasteiger partial charge in [0, 0.05) is 5.56 Å². The predicted octanol–water partition coefficient (Wildman–Crippen LogP) is 2.70. The molecule has 0 spiro atoms. The first kappa shape index (κ1) is 12.3. The minimum Gasteiger partial charge on any atom is -0.493 e. The van der Waals surface area contributed by atoms with E-state index in [0.717, 1.165) is 17.4 Å². The van der Waals surface area contributed by atoms with Crippen LogP contribution in [0.3, 0.4) is 0 Å². The molecule has 16 heavy (non-hydrogen) atoms. The second-order valence-electron chi connectivity index (χ2n) is 3.27. The first-order chi connectivity index (χ1) is 7.76. The monoisotopic (exact) mass is 220 g/mol. The fraction of sp³-hybridized carbons (Fsp3) is 0.308. The van der Waals surface area contributed by atoms with Gasteiger partial charge >= 0.3 is 0 Å². The first-order valence-corrected chi connectivity index (χ1v) is 5.13. The van der Waals surface area contributed by atoms with E-state index >= 15 is 0 Å². The Kier molecular flexibility index (Phi) is 4.58. The Morgan fingerprint density at radius 2 is 2.06 bits per heavy atom. The van der Waals surface area contributed by atoms with Gasteiger partial charge in [0.2, 0.25) is 0 Å². The number of benzene rings is 1. The van der Waals surface area contributed by atoms with Crippen LogP contribution in [0.4, 0.5) is 0 Å². The number of hydrogen-bond acceptors (Lipinski definition) is 3. The van der Waals surface area contributed by atoms with Gasteiger partial charge in [-0.25, -0.2) is 0 Å². The van der Waals surface area contributed by atoms with Gasteiger partial charge in [-0.2, -0.15) is 0 Å². The summed E-state index contributed by atoms with van der Waals surface area (Å²) in [5.41, 5.74) is 1.58. The maximum atomic E-state index is 10.8. The largest absolute Gasteiger partial charge is 0.493 e. The summed E-state index contributed by atoms with van der Waals surface area (Å²) in [6, 6.07) is 5.58. The van der Waals surface area contributed by atoms with E-state index in [2.05, 4.69) is 0 Å². The Hall–Kier alpha value is -1.77. The summed E-state index contributed by atoms with van der Waals surface area (Å²) in [6.45, 7) is 1.94. The third-order valence-electron chi connectivity index (χ3n) is 2.33. The Morgan fingerprint density at radius 3 is 2.56 bits per heavy atom. The van der Waals surface area contributed by atoms with Gasteiger partial charge in [0.05, 0.1) is 14.2 Å². The van der Waals surface area contributed by atoms with Crippen LogP contribution in [0.2, 0.25) is 0 Å². The van der Waals surface area contributed by atoms with Crippen LogP contribution >= 0.6 is 0 Å². The predicted molar refractivity (Wildman–Crippen MR) is 63.9 cm³/mol. The SMILES string of the molecule is CCC(C=O)=Cc1cccc(OC)c1OC. The summed E-state index contributed by atoms with van der Waals surface area (Å²) in [5, 5.41) is 0. The molecular weight excluding hydrogens is 204 g/mol. The number of carbonyl (C=O) groups excluding carboxylic acids is 1. The molecule has 0 bridgehead atoms. The van der Waals surface area contributed by atoms with E-state index in [4.69, 9.17) is 9.47 Å². The molecule has 1 aromatic carbocycles. The number of allylic oxidation sites excluding steroid dienone is 1. The average molecular weight is 220 g/mol. The Balaban J connectivity index is 3.22. The number of hydrogen-bond donors (Lipinski definition) is 0. The van der Waals surface area contributed by atoms with E-state index < -0.39 is 0 Å². The van der Waals surface area contributed by atoms with Gasteiger partial charge < -0.3 is 9.47 Å². The molecule has 3 nitrogen and oxygen atoms in total. The van der Waals surface area contributed by atoms with Crippen LogP contribution in [0.25, 0.3) is 6.08 Å². The average Bonchev–Trinajstić information content (AvgIpc) is 2.35. The highest BCUT2D eigenvalue weighted by Crippen LogP contribution is 2.32. The summed E-state index contributed by atoms with van der Waals surface area (Å²) in [4.78, 5) is 10.8. The zero-order valence-electron chi connectivity index (χ0n) is 9.82. The van der Waals surface area contributed by atoms with Gasteiger partial charge in [0.1, 0.15) is 6.29 Å². The molecular formula is C13H16O3. The maximum absolute atomic E-state index is 10.8. The molecule has 0 unspecified atom stereocenters. The molecule has 0 aliphatic heterocycles. The van der Waals surface area contributed by atoms with Crippen molar-refractivity contribution in [1.29, 1.82) is 0 Å². The van der Waals surface area contributed by atoms with Gasteiger partial charge in [0.15, 0.2) is 11.5 Å². The molecule has 0 saturated heterocycles. The van der Waals surface area contributed by atoms with Crippen LogP contribution in [0.15, 0.2) is 23.8 Å². The third-order valence-corrected chi connectivity index (χ3v) is 2.33. The Bertz CT molecular complexity index is 394. The highest BCUT2D eigenvalue weighted by atomic mass is 16.5. The lowest BCUT2D eigenvalue weighted by Crippen LogP contribution is -1.93. The summed E-state index contributed by atoms with van der Waals surface area (Å²) >= 11 is 0. The molecule has 0 fully saturated rings. The van der Waals surface area contributed by atoms with Crippen molar-refractivity contribution in [3.63, 3.8) is 0 Å². The molecule has 0 saturated carbocycles. The molecule has 3 heteroatoms. The standard InChI is InChI=1S/C13H16O3/c1-4-10(9-14)8-11-6-5-7-12(15-2)13(11)16-3/h5-9H,4H2,1-3H3. The van der Waals surface area contributed by atoms with Crippen LogP contribution in [0.1, 0.15) is 18.9 Å². The van der Waals surface area contributed by atoms with Crippen molar-refractivity contribution >= 4 is 12.4 Å². The fourth-order valence-corrected chi connectivity index (χ4v) is 1.44. The number of rotatable bonds is 5. The molecule has 0 heterocycles. The minimum atomic E-state index is 0.651. The van der Waals surface area contributed by atoms with Gasteiger partial charge in [-0.15, -0.1) is 0 Å². The second kappa shape index (κ2) is 5.95. The number of methoxy groups -OCH3 is 2. The molecule has 1 aromatic rings. The van der Waals surface area contributed by atoms with Crippen molar-refractivity contribution < 1.29 is 14.3 Å². The van der Waals surface area contributed by atoms with Crippen LogP contribution < -0.4 is 9.47 Å². The summed E-state index contributed by atoms with van der Waals surface area (Å²) in [5.74, 6) is 1.32. The number of carbonyl (C=O) groups is 1. The van der Waals surface area contributed by atoms with Crippen LogP contribution in [-0.4, -0.2) is 20.5 Å². The molecule has 86 valence electrons. The number of para-hydroxylation sites is 1. The van der Waals surface area contributed by atoms with E-state index in [-0.39, 0.29) is 0 Å². The molecule has 1 rings (SSSR count). The third kappa shape index (κ3) is 2.63. The van der Waals surface area contributed by atoms with E-state index in [1.54, 1.807) is 14.2 Å².